The maximum Gasteiger partial charge on any atom is 0.410 e. The van der Waals surface area contributed by atoms with Crippen LogP contribution in [0.3, 0.4) is 0 Å². The lowest BCUT2D eigenvalue weighted by molar-refractivity contribution is -0.125. The lowest BCUT2D eigenvalue weighted by Gasteiger charge is -2.35. The number of amides is 4. The summed E-state index contributed by atoms with van der Waals surface area (Å²) in [5.74, 6) is 0.490. The molecule has 150 valence electrons. The number of nitrogens with zero attached hydrogens (tertiary/aromatic N) is 3. The molecule has 3 aliphatic heterocycles. The first-order chi connectivity index (χ1) is 13.4. The summed E-state index contributed by atoms with van der Waals surface area (Å²) in [6.07, 6.45) is 0.685. The van der Waals surface area contributed by atoms with Gasteiger partial charge in [-0.2, -0.15) is 0 Å². The van der Waals surface area contributed by atoms with Crippen LogP contribution in [-0.4, -0.2) is 73.3 Å². The van der Waals surface area contributed by atoms with Crippen molar-refractivity contribution in [3.05, 3.63) is 18.2 Å². The van der Waals surface area contributed by atoms with E-state index in [1.54, 1.807) is 46.9 Å². The molecular weight excluding hydrogens is 364 g/mol. The van der Waals surface area contributed by atoms with E-state index < -0.39 is 6.10 Å². The molecule has 0 spiro atoms. The number of hydrogen-bond acceptors (Lipinski definition) is 5. The zero-order valence-electron chi connectivity index (χ0n) is 16.0. The molecule has 0 bridgehead atoms. The Morgan fingerprint density at radius 3 is 2.61 bits per heavy atom. The fourth-order valence-electron chi connectivity index (χ4n) is 3.91. The standard InChI is InChI=1S/C19H24N4O5/c1-12-17(24)21(2)15-11-13(3-4-16(15)28-12)20-18(25)22-7-5-14(6-8-22)23-9-10-27-19(23)26/h3-4,11-12,14H,5-10H2,1-2H3,(H,20,25)/t12-/m0/s1. The Kier molecular flexibility index (Phi) is 4.74. The summed E-state index contributed by atoms with van der Waals surface area (Å²) in [5, 5.41) is 2.89. The smallest absolute Gasteiger partial charge is 0.410 e. The third-order valence-electron chi connectivity index (χ3n) is 5.54. The van der Waals surface area contributed by atoms with Gasteiger partial charge in [-0.1, -0.05) is 0 Å². The second-order valence-corrected chi connectivity index (χ2v) is 7.30. The summed E-state index contributed by atoms with van der Waals surface area (Å²) in [6.45, 7) is 3.92. The largest absolute Gasteiger partial charge is 0.479 e. The van der Waals surface area contributed by atoms with Crippen molar-refractivity contribution in [1.29, 1.82) is 0 Å². The number of likely N-dealkylation sites (tertiary alicyclic amines) is 1. The van der Waals surface area contributed by atoms with E-state index in [4.69, 9.17) is 9.47 Å². The molecule has 0 saturated carbocycles. The number of ether oxygens (including phenoxy) is 2. The van der Waals surface area contributed by atoms with Gasteiger partial charge in [0.2, 0.25) is 0 Å². The van der Waals surface area contributed by atoms with Gasteiger partial charge in [-0.05, 0) is 38.0 Å². The number of rotatable bonds is 2. The van der Waals surface area contributed by atoms with Gasteiger partial charge in [0, 0.05) is 31.9 Å². The molecule has 4 amide bonds. The molecular formula is C19H24N4O5. The molecule has 0 aromatic heterocycles. The predicted octanol–water partition coefficient (Wildman–Crippen LogP) is 1.88. The van der Waals surface area contributed by atoms with E-state index in [1.807, 2.05) is 0 Å². The average molecular weight is 388 g/mol. The number of likely N-dealkylation sites (N-methyl/N-ethyl adjacent to an activating group) is 1. The molecule has 28 heavy (non-hydrogen) atoms. The van der Waals surface area contributed by atoms with Crippen LogP contribution < -0.4 is 15.0 Å². The van der Waals surface area contributed by atoms with Gasteiger partial charge in [0.25, 0.3) is 5.91 Å². The summed E-state index contributed by atoms with van der Waals surface area (Å²) in [7, 11) is 1.69. The second-order valence-electron chi connectivity index (χ2n) is 7.30. The van der Waals surface area contributed by atoms with Crippen molar-refractivity contribution in [2.75, 3.05) is 43.5 Å². The molecule has 1 atom stereocenters. The summed E-state index contributed by atoms with van der Waals surface area (Å²) < 4.78 is 10.6. The number of cyclic esters (lactones) is 1. The van der Waals surface area contributed by atoms with Crippen molar-refractivity contribution in [1.82, 2.24) is 9.80 Å². The third kappa shape index (κ3) is 3.32. The monoisotopic (exact) mass is 388 g/mol. The second kappa shape index (κ2) is 7.21. The van der Waals surface area contributed by atoms with E-state index in [0.717, 1.165) is 12.8 Å². The van der Waals surface area contributed by atoms with E-state index in [2.05, 4.69) is 5.32 Å². The van der Waals surface area contributed by atoms with Crippen molar-refractivity contribution in [3.8, 4) is 5.75 Å². The number of nitrogens with one attached hydrogen (secondary N) is 1. The predicted molar refractivity (Wildman–Crippen MR) is 102 cm³/mol. The van der Waals surface area contributed by atoms with Crippen LogP contribution in [0.4, 0.5) is 21.0 Å². The lowest BCUT2D eigenvalue weighted by atomic mass is 10.0. The molecule has 0 radical (unpaired) electrons. The zero-order valence-corrected chi connectivity index (χ0v) is 16.0. The van der Waals surface area contributed by atoms with Crippen molar-refractivity contribution in [2.24, 2.45) is 0 Å². The Bertz CT molecular complexity index is 806. The van der Waals surface area contributed by atoms with Crippen LogP contribution >= 0.6 is 0 Å². The topological polar surface area (TPSA) is 91.4 Å². The van der Waals surface area contributed by atoms with E-state index in [0.29, 0.717) is 43.4 Å². The molecule has 9 nitrogen and oxygen atoms in total. The first kappa shape index (κ1) is 18.4. The molecule has 2 saturated heterocycles. The minimum absolute atomic E-state index is 0.126. The normalized spacial score (nSPS) is 22.6. The molecule has 1 N–H and O–H groups in total. The highest BCUT2D eigenvalue weighted by Gasteiger charge is 2.33. The fraction of sp³-hybridized carbons (Fsp3) is 0.526. The molecule has 9 heteroatoms. The summed E-state index contributed by atoms with van der Waals surface area (Å²) in [5.41, 5.74) is 1.24. The number of piperidine rings is 1. The first-order valence-corrected chi connectivity index (χ1v) is 9.51. The number of hydrogen-bond donors (Lipinski definition) is 1. The van der Waals surface area contributed by atoms with Gasteiger partial charge in [-0.3, -0.25) is 4.79 Å². The van der Waals surface area contributed by atoms with Gasteiger partial charge in [0.1, 0.15) is 12.4 Å². The van der Waals surface area contributed by atoms with Gasteiger partial charge in [-0.25, -0.2) is 9.59 Å². The van der Waals surface area contributed by atoms with Gasteiger partial charge in [0.15, 0.2) is 6.10 Å². The van der Waals surface area contributed by atoms with Gasteiger partial charge in [-0.15, -0.1) is 0 Å². The lowest BCUT2D eigenvalue weighted by Crippen LogP contribution is -2.48. The van der Waals surface area contributed by atoms with Crippen LogP contribution in [0.2, 0.25) is 0 Å². The molecule has 4 rings (SSSR count). The van der Waals surface area contributed by atoms with Gasteiger partial charge in [0.05, 0.1) is 12.2 Å². The van der Waals surface area contributed by atoms with Crippen LogP contribution in [0.1, 0.15) is 19.8 Å². The van der Waals surface area contributed by atoms with E-state index >= 15 is 0 Å². The Balaban J connectivity index is 1.37. The van der Waals surface area contributed by atoms with Crippen molar-refractivity contribution < 1.29 is 23.9 Å². The van der Waals surface area contributed by atoms with E-state index in [9.17, 15) is 14.4 Å². The maximum absolute atomic E-state index is 12.6. The van der Waals surface area contributed by atoms with Gasteiger partial charge >= 0.3 is 12.1 Å². The van der Waals surface area contributed by atoms with Crippen molar-refractivity contribution in [3.63, 3.8) is 0 Å². The number of anilines is 2. The average Bonchev–Trinajstić information content (AvgIpc) is 3.13. The summed E-state index contributed by atoms with van der Waals surface area (Å²) in [6, 6.07) is 5.20. The number of fused-ring (bicyclic) bond motifs is 1. The minimum Gasteiger partial charge on any atom is -0.479 e. The molecule has 1 aromatic carbocycles. The number of carbonyl (C=O) groups excluding carboxylic acids is 3. The quantitative estimate of drug-likeness (QED) is 0.835. The number of urea groups is 1. The highest BCUT2D eigenvalue weighted by Crippen LogP contribution is 2.35. The van der Waals surface area contributed by atoms with Crippen LogP contribution in [0.15, 0.2) is 18.2 Å². The Labute approximate surface area is 163 Å². The molecule has 3 heterocycles. The van der Waals surface area contributed by atoms with Crippen molar-refractivity contribution >= 4 is 29.4 Å². The van der Waals surface area contributed by atoms with Crippen LogP contribution in [0.5, 0.6) is 5.75 Å². The highest BCUT2D eigenvalue weighted by molar-refractivity contribution is 6.00. The Hall–Kier alpha value is -2.97. The minimum atomic E-state index is -0.521. The molecule has 0 aliphatic carbocycles. The van der Waals surface area contributed by atoms with Crippen LogP contribution in [0.25, 0.3) is 0 Å². The van der Waals surface area contributed by atoms with Crippen LogP contribution in [0, 0.1) is 0 Å². The van der Waals surface area contributed by atoms with Crippen LogP contribution in [-0.2, 0) is 9.53 Å². The summed E-state index contributed by atoms with van der Waals surface area (Å²) >= 11 is 0. The fourth-order valence-corrected chi connectivity index (χ4v) is 3.91. The van der Waals surface area contributed by atoms with E-state index in [1.165, 1.54) is 0 Å². The summed E-state index contributed by atoms with van der Waals surface area (Å²) in [4.78, 5) is 41.5. The zero-order chi connectivity index (χ0) is 19.8. The molecule has 2 fully saturated rings. The van der Waals surface area contributed by atoms with E-state index in [-0.39, 0.29) is 24.1 Å². The Morgan fingerprint density at radius 2 is 1.93 bits per heavy atom. The molecule has 1 aromatic rings. The maximum atomic E-state index is 12.6. The molecule has 0 unspecified atom stereocenters. The highest BCUT2D eigenvalue weighted by atomic mass is 16.6. The molecule has 3 aliphatic rings. The van der Waals surface area contributed by atoms with Crippen molar-refractivity contribution in [2.45, 2.75) is 31.9 Å². The first-order valence-electron chi connectivity index (χ1n) is 9.51. The third-order valence-corrected chi connectivity index (χ3v) is 5.54. The number of carbonyl (C=O) groups is 3. The number of benzene rings is 1. The SMILES string of the molecule is C[C@@H]1Oc2ccc(NC(=O)N3CCC(N4CCOC4=O)CC3)cc2N(C)C1=O. The van der Waals surface area contributed by atoms with Gasteiger partial charge < -0.3 is 29.5 Å². The Morgan fingerprint density at radius 1 is 1.18 bits per heavy atom.